The average molecular weight is 441 g/mol. The largest absolute Gasteiger partial charge is 0.484 e. The Morgan fingerprint density at radius 2 is 1.77 bits per heavy atom. The maximum atomic E-state index is 12.1. The van der Waals surface area contributed by atoms with Gasteiger partial charge in [-0.3, -0.25) is 4.79 Å². The van der Waals surface area contributed by atoms with Crippen LogP contribution in [0.3, 0.4) is 0 Å². The Morgan fingerprint density at radius 3 is 2.38 bits per heavy atom. The van der Waals surface area contributed by atoms with Crippen molar-refractivity contribution in [1.29, 1.82) is 0 Å². The molecule has 0 unspecified atom stereocenters. The number of halogens is 1. The molecular weight excluding hydrogens is 420 g/mol. The normalized spacial score (nSPS) is 11.4. The summed E-state index contributed by atoms with van der Waals surface area (Å²) in [4.78, 5) is 12.1. The zero-order valence-corrected chi connectivity index (χ0v) is 16.9. The van der Waals surface area contributed by atoms with E-state index in [1.54, 1.807) is 6.07 Å². The summed E-state index contributed by atoms with van der Waals surface area (Å²) in [6, 6.07) is 13.2. The lowest BCUT2D eigenvalue weighted by molar-refractivity contribution is -0.118. The molecule has 0 aliphatic rings. The zero-order valence-electron chi connectivity index (χ0n) is 14.5. The van der Waals surface area contributed by atoms with Crippen LogP contribution in [-0.2, 0) is 14.8 Å². The number of hydrogen-bond donors (Lipinski definition) is 2. The second-order valence-corrected chi connectivity index (χ2v) is 8.66. The molecule has 0 bridgehead atoms. The van der Waals surface area contributed by atoms with Crippen molar-refractivity contribution in [1.82, 2.24) is 4.72 Å². The van der Waals surface area contributed by atoms with Crippen LogP contribution in [0.25, 0.3) is 0 Å². The summed E-state index contributed by atoms with van der Waals surface area (Å²) < 4.78 is 33.0. The Balaban J connectivity index is 1.91. The Labute approximate surface area is 162 Å². The molecule has 1 amide bonds. The van der Waals surface area contributed by atoms with Crippen LogP contribution in [0, 0.1) is 5.92 Å². The number of hydrogen-bond acceptors (Lipinski definition) is 4. The number of ether oxygens (including phenoxy) is 1. The van der Waals surface area contributed by atoms with Gasteiger partial charge in [0.2, 0.25) is 10.0 Å². The van der Waals surface area contributed by atoms with Gasteiger partial charge in [-0.1, -0.05) is 26.0 Å². The highest BCUT2D eigenvalue weighted by Crippen LogP contribution is 2.21. The lowest BCUT2D eigenvalue weighted by Gasteiger charge is -2.11. The molecule has 0 atom stereocenters. The van der Waals surface area contributed by atoms with Gasteiger partial charge >= 0.3 is 0 Å². The van der Waals surface area contributed by atoms with E-state index in [1.807, 2.05) is 32.0 Å². The molecule has 0 saturated heterocycles. The van der Waals surface area contributed by atoms with Crippen molar-refractivity contribution in [3.63, 3.8) is 0 Å². The smallest absolute Gasteiger partial charge is 0.262 e. The second kappa shape index (κ2) is 9.16. The maximum Gasteiger partial charge on any atom is 0.262 e. The number of nitrogens with one attached hydrogen (secondary N) is 2. The van der Waals surface area contributed by atoms with Crippen LogP contribution in [0.5, 0.6) is 5.75 Å². The number of benzene rings is 2. The minimum absolute atomic E-state index is 0.156. The third-order valence-corrected chi connectivity index (χ3v) is 5.46. The minimum Gasteiger partial charge on any atom is -0.484 e. The van der Waals surface area contributed by atoms with Gasteiger partial charge in [0.25, 0.3) is 5.91 Å². The van der Waals surface area contributed by atoms with Crippen molar-refractivity contribution in [3.8, 4) is 5.75 Å². The van der Waals surface area contributed by atoms with Crippen LogP contribution in [-0.4, -0.2) is 27.5 Å². The fourth-order valence-corrected chi connectivity index (χ4v) is 3.57. The number of amides is 1. The quantitative estimate of drug-likeness (QED) is 0.658. The SMILES string of the molecule is CC(C)CNS(=O)(=O)c1ccc(OCC(=O)Nc2ccccc2Br)cc1. The highest BCUT2D eigenvalue weighted by atomic mass is 79.9. The molecule has 26 heavy (non-hydrogen) atoms. The van der Waals surface area contributed by atoms with E-state index in [0.29, 0.717) is 18.0 Å². The van der Waals surface area contributed by atoms with E-state index < -0.39 is 10.0 Å². The fourth-order valence-electron chi connectivity index (χ4n) is 1.97. The van der Waals surface area contributed by atoms with Crippen LogP contribution < -0.4 is 14.8 Å². The van der Waals surface area contributed by atoms with E-state index in [2.05, 4.69) is 26.0 Å². The first-order valence-electron chi connectivity index (χ1n) is 8.05. The molecule has 6 nitrogen and oxygen atoms in total. The van der Waals surface area contributed by atoms with Gasteiger partial charge in [-0.2, -0.15) is 0 Å². The van der Waals surface area contributed by atoms with E-state index in [1.165, 1.54) is 24.3 Å². The van der Waals surface area contributed by atoms with Crippen LogP contribution in [0.1, 0.15) is 13.8 Å². The van der Waals surface area contributed by atoms with Crippen molar-refractivity contribution < 1.29 is 17.9 Å². The van der Waals surface area contributed by atoms with E-state index in [4.69, 9.17) is 4.74 Å². The van der Waals surface area contributed by atoms with Gasteiger partial charge in [0.05, 0.1) is 10.6 Å². The van der Waals surface area contributed by atoms with Gasteiger partial charge in [-0.25, -0.2) is 13.1 Å². The molecule has 2 aromatic rings. The molecule has 0 fully saturated rings. The molecule has 0 aliphatic carbocycles. The van der Waals surface area contributed by atoms with Gasteiger partial charge in [-0.15, -0.1) is 0 Å². The molecule has 2 aromatic carbocycles. The molecule has 0 spiro atoms. The summed E-state index contributed by atoms with van der Waals surface area (Å²) in [6.45, 7) is 4.05. The van der Waals surface area contributed by atoms with Gasteiger partial charge in [-0.05, 0) is 58.2 Å². The third kappa shape index (κ3) is 6.12. The minimum atomic E-state index is -3.54. The molecule has 2 N–H and O–H groups in total. The molecule has 8 heteroatoms. The van der Waals surface area contributed by atoms with Crippen molar-refractivity contribution in [2.45, 2.75) is 18.7 Å². The molecule has 0 saturated carbocycles. The van der Waals surface area contributed by atoms with Crippen LogP contribution in [0.15, 0.2) is 57.9 Å². The number of carbonyl (C=O) groups is 1. The number of sulfonamides is 1. The average Bonchev–Trinajstić information content (AvgIpc) is 2.61. The molecule has 0 heterocycles. The third-order valence-electron chi connectivity index (χ3n) is 3.33. The first kappa shape index (κ1) is 20.4. The lowest BCUT2D eigenvalue weighted by atomic mass is 10.2. The number of rotatable bonds is 8. The van der Waals surface area contributed by atoms with Gasteiger partial charge < -0.3 is 10.1 Å². The Kier molecular flexibility index (Phi) is 7.19. The molecule has 2 rings (SSSR count). The number of anilines is 1. The topological polar surface area (TPSA) is 84.5 Å². The Bertz CT molecular complexity index is 852. The summed E-state index contributed by atoms with van der Waals surface area (Å²) in [6.07, 6.45) is 0. The summed E-state index contributed by atoms with van der Waals surface area (Å²) in [5.74, 6) is 0.317. The van der Waals surface area contributed by atoms with Crippen molar-refractivity contribution in [2.24, 2.45) is 5.92 Å². The predicted octanol–water partition coefficient (Wildman–Crippen LogP) is 3.40. The molecule has 0 radical (unpaired) electrons. The van der Waals surface area contributed by atoms with E-state index in [-0.39, 0.29) is 23.3 Å². The monoisotopic (exact) mass is 440 g/mol. The molecule has 140 valence electrons. The second-order valence-electron chi connectivity index (χ2n) is 6.03. The zero-order chi connectivity index (χ0) is 19.2. The summed E-state index contributed by atoms with van der Waals surface area (Å²) in [7, 11) is -3.54. The number of para-hydroxylation sites is 1. The highest BCUT2D eigenvalue weighted by Gasteiger charge is 2.14. The van der Waals surface area contributed by atoms with E-state index in [0.717, 1.165) is 4.47 Å². The fraction of sp³-hybridized carbons (Fsp3) is 0.278. The van der Waals surface area contributed by atoms with Gasteiger partial charge in [0, 0.05) is 11.0 Å². The molecule has 0 aliphatic heterocycles. The van der Waals surface area contributed by atoms with Crippen molar-refractivity contribution >= 4 is 37.5 Å². The summed E-state index contributed by atoms with van der Waals surface area (Å²) >= 11 is 3.35. The first-order chi connectivity index (χ1) is 12.3. The van der Waals surface area contributed by atoms with E-state index >= 15 is 0 Å². The van der Waals surface area contributed by atoms with Crippen LogP contribution >= 0.6 is 15.9 Å². The highest BCUT2D eigenvalue weighted by molar-refractivity contribution is 9.10. The summed E-state index contributed by atoms with van der Waals surface area (Å²) in [5.41, 5.74) is 0.652. The first-order valence-corrected chi connectivity index (χ1v) is 10.3. The van der Waals surface area contributed by atoms with Crippen LogP contribution in [0.4, 0.5) is 5.69 Å². The van der Waals surface area contributed by atoms with E-state index in [9.17, 15) is 13.2 Å². The van der Waals surface area contributed by atoms with Crippen LogP contribution in [0.2, 0.25) is 0 Å². The van der Waals surface area contributed by atoms with Crippen molar-refractivity contribution in [3.05, 3.63) is 53.0 Å². The van der Waals surface area contributed by atoms with Crippen molar-refractivity contribution in [2.75, 3.05) is 18.5 Å². The molecule has 0 aromatic heterocycles. The number of carbonyl (C=O) groups excluding carboxylic acids is 1. The standard InChI is InChI=1S/C18H21BrN2O4S/c1-13(2)11-20-26(23,24)15-9-7-14(8-10-15)25-12-18(22)21-17-6-4-3-5-16(17)19/h3-10,13,20H,11-12H2,1-2H3,(H,21,22). The Morgan fingerprint density at radius 1 is 1.12 bits per heavy atom. The predicted molar refractivity (Wildman–Crippen MR) is 105 cm³/mol. The maximum absolute atomic E-state index is 12.1. The van der Waals surface area contributed by atoms with Gasteiger partial charge in [0.1, 0.15) is 5.75 Å². The molecular formula is C18H21BrN2O4S. The summed E-state index contributed by atoms with van der Waals surface area (Å²) in [5, 5.41) is 2.73. The Hall–Kier alpha value is -1.90. The van der Waals surface area contributed by atoms with Gasteiger partial charge in [0.15, 0.2) is 6.61 Å². The lowest BCUT2D eigenvalue weighted by Crippen LogP contribution is -2.27.